The standard InChI is InChI=1S/C18H24N4O2S/c1-4-16(23)22-9-5-6-14(11-22)17(24)20-21-18(25)19-15-8-7-12(2)10-13(15)3/h4,7-8,10,14H,1,5-6,9,11H2,2-3H3,(H,20,24)(H2,19,21,25). The van der Waals surface area contributed by atoms with Gasteiger partial charge in [0, 0.05) is 18.8 Å². The van der Waals surface area contributed by atoms with Crippen LogP contribution in [0.2, 0.25) is 0 Å². The molecule has 0 saturated carbocycles. The number of carbonyl (C=O) groups is 2. The van der Waals surface area contributed by atoms with Gasteiger partial charge in [0.25, 0.3) is 0 Å². The van der Waals surface area contributed by atoms with Crippen molar-refractivity contribution in [1.29, 1.82) is 0 Å². The first-order chi connectivity index (χ1) is 11.9. The number of benzene rings is 1. The lowest BCUT2D eigenvalue weighted by molar-refractivity contribution is -0.132. The molecular formula is C18H24N4O2S. The zero-order valence-corrected chi connectivity index (χ0v) is 15.4. The Morgan fingerprint density at radius 3 is 2.76 bits per heavy atom. The van der Waals surface area contributed by atoms with E-state index in [9.17, 15) is 9.59 Å². The van der Waals surface area contributed by atoms with E-state index in [1.165, 1.54) is 11.6 Å². The van der Waals surface area contributed by atoms with Crippen LogP contribution in [-0.2, 0) is 9.59 Å². The van der Waals surface area contributed by atoms with Crippen LogP contribution in [0.1, 0.15) is 24.0 Å². The van der Waals surface area contributed by atoms with Crippen molar-refractivity contribution in [1.82, 2.24) is 15.8 Å². The Bertz CT molecular complexity index is 690. The van der Waals surface area contributed by atoms with Crippen molar-refractivity contribution >= 4 is 34.8 Å². The number of thiocarbonyl (C=S) groups is 1. The summed E-state index contributed by atoms with van der Waals surface area (Å²) < 4.78 is 0. The molecule has 1 atom stereocenters. The van der Waals surface area contributed by atoms with Gasteiger partial charge in [0.1, 0.15) is 0 Å². The molecule has 1 aromatic carbocycles. The summed E-state index contributed by atoms with van der Waals surface area (Å²) in [5, 5.41) is 3.37. The Morgan fingerprint density at radius 1 is 1.32 bits per heavy atom. The minimum atomic E-state index is -0.255. The Hall–Kier alpha value is -2.41. The van der Waals surface area contributed by atoms with Crippen LogP contribution in [0, 0.1) is 19.8 Å². The third-order valence-corrected chi connectivity index (χ3v) is 4.41. The predicted octanol–water partition coefficient (Wildman–Crippen LogP) is 2.05. The maximum atomic E-state index is 12.3. The average molecular weight is 360 g/mol. The number of nitrogens with one attached hydrogen (secondary N) is 3. The number of hydrogen-bond donors (Lipinski definition) is 3. The molecule has 0 bridgehead atoms. The second kappa shape index (κ2) is 8.62. The third-order valence-electron chi connectivity index (χ3n) is 4.21. The second-order valence-corrected chi connectivity index (χ2v) is 6.62. The van der Waals surface area contributed by atoms with E-state index >= 15 is 0 Å². The fourth-order valence-corrected chi connectivity index (χ4v) is 3.01. The van der Waals surface area contributed by atoms with Gasteiger partial charge >= 0.3 is 0 Å². The van der Waals surface area contributed by atoms with Crippen LogP contribution >= 0.6 is 12.2 Å². The molecule has 1 fully saturated rings. The summed E-state index contributed by atoms with van der Waals surface area (Å²) in [5.74, 6) is -0.571. The Labute approximate surface area is 153 Å². The molecule has 1 heterocycles. The second-order valence-electron chi connectivity index (χ2n) is 6.21. The SMILES string of the molecule is C=CC(=O)N1CCCC(C(=O)NNC(=S)Nc2ccc(C)cc2C)C1. The predicted molar refractivity (Wildman–Crippen MR) is 103 cm³/mol. The van der Waals surface area contributed by atoms with Gasteiger partial charge in [0.05, 0.1) is 5.92 Å². The molecule has 0 aliphatic carbocycles. The number of hydrogen-bond acceptors (Lipinski definition) is 3. The molecule has 134 valence electrons. The highest BCUT2D eigenvalue weighted by molar-refractivity contribution is 7.80. The largest absolute Gasteiger partial charge is 0.338 e. The number of rotatable bonds is 3. The highest BCUT2D eigenvalue weighted by Gasteiger charge is 2.27. The molecule has 1 aromatic rings. The van der Waals surface area contributed by atoms with E-state index in [-0.39, 0.29) is 17.7 Å². The number of piperidine rings is 1. The van der Waals surface area contributed by atoms with Crippen molar-refractivity contribution in [2.75, 3.05) is 18.4 Å². The highest BCUT2D eigenvalue weighted by Crippen LogP contribution is 2.17. The van der Waals surface area contributed by atoms with Crippen molar-refractivity contribution in [3.8, 4) is 0 Å². The van der Waals surface area contributed by atoms with E-state index in [0.717, 1.165) is 24.1 Å². The smallest absolute Gasteiger partial charge is 0.245 e. The molecule has 2 amide bonds. The molecule has 1 saturated heterocycles. The van der Waals surface area contributed by atoms with Gasteiger partial charge < -0.3 is 10.2 Å². The molecule has 0 aromatic heterocycles. The minimum Gasteiger partial charge on any atom is -0.338 e. The summed E-state index contributed by atoms with van der Waals surface area (Å²) in [6.45, 7) is 8.56. The van der Waals surface area contributed by atoms with Crippen LogP contribution < -0.4 is 16.2 Å². The lowest BCUT2D eigenvalue weighted by atomic mass is 9.97. The lowest BCUT2D eigenvalue weighted by Crippen LogP contribution is -2.50. The normalized spacial score (nSPS) is 16.7. The monoisotopic (exact) mass is 360 g/mol. The zero-order valence-electron chi connectivity index (χ0n) is 14.6. The maximum Gasteiger partial charge on any atom is 0.245 e. The Morgan fingerprint density at radius 2 is 2.08 bits per heavy atom. The molecule has 1 unspecified atom stereocenters. The minimum absolute atomic E-state index is 0.141. The number of anilines is 1. The van der Waals surface area contributed by atoms with Crippen LogP contribution in [0.15, 0.2) is 30.9 Å². The summed E-state index contributed by atoms with van der Waals surface area (Å²) in [7, 11) is 0. The molecule has 1 aliphatic heterocycles. The van der Waals surface area contributed by atoms with Crippen LogP contribution in [0.5, 0.6) is 0 Å². The molecule has 3 N–H and O–H groups in total. The number of hydrazine groups is 1. The van der Waals surface area contributed by atoms with E-state index < -0.39 is 0 Å². The van der Waals surface area contributed by atoms with Gasteiger partial charge in [0.15, 0.2) is 5.11 Å². The summed E-state index contributed by atoms with van der Waals surface area (Å²) >= 11 is 5.22. The number of likely N-dealkylation sites (tertiary alicyclic amines) is 1. The number of carbonyl (C=O) groups excluding carboxylic acids is 2. The van der Waals surface area contributed by atoms with Crippen LogP contribution in [0.4, 0.5) is 5.69 Å². The van der Waals surface area contributed by atoms with Crippen LogP contribution in [-0.4, -0.2) is 34.9 Å². The van der Waals surface area contributed by atoms with Crippen LogP contribution in [0.25, 0.3) is 0 Å². The maximum absolute atomic E-state index is 12.3. The Balaban J connectivity index is 1.83. The van der Waals surface area contributed by atoms with Crippen molar-refractivity contribution in [2.24, 2.45) is 5.92 Å². The Kier molecular flexibility index (Phi) is 6.52. The fourth-order valence-electron chi connectivity index (χ4n) is 2.85. The molecular weight excluding hydrogens is 336 g/mol. The molecule has 2 rings (SSSR count). The van der Waals surface area contributed by atoms with Crippen molar-refractivity contribution in [3.63, 3.8) is 0 Å². The zero-order chi connectivity index (χ0) is 18.4. The average Bonchev–Trinajstić information content (AvgIpc) is 2.61. The van der Waals surface area contributed by atoms with Gasteiger partial charge in [-0.3, -0.25) is 20.4 Å². The van der Waals surface area contributed by atoms with Gasteiger partial charge in [0.2, 0.25) is 11.8 Å². The van der Waals surface area contributed by atoms with Gasteiger partial charge in [-0.15, -0.1) is 0 Å². The summed E-state index contributed by atoms with van der Waals surface area (Å²) in [6, 6.07) is 5.99. The topological polar surface area (TPSA) is 73.5 Å². The molecule has 0 radical (unpaired) electrons. The van der Waals surface area contributed by atoms with E-state index in [2.05, 4.69) is 28.8 Å². The first-order valence-electron chi connectivity index (χ1n) is 8.26. The molecule has 1 aliphatic rings. The van der Waals surface area contributed by atoms with Gasteiger partial charge in [-0.1, -0.05) is 24.3 Å². The van der Waals surface area contributed by atoms with Crippen LogP contribution in [0.3, 0.4) is 0 Å². The first kappa shape index (κ1) is 18.9. The molecule has 25 heavy (non-hydrogen) atoms. The van der Waals surface area contributed by atoms with E-state index in [1.807, 2.05) is 26.0 Å². The van der Waals surface area contributed by atoms with E-state index in [0.29, 0.717) is 18.2 Å². The highest BCUT2D eigenvalue weighted by atomic mass is 32.1. The number of aryl methyl sites for hydroxylation is 2. The molecule has 7 heteroatoms. The lowest BCUT2D eigenvalue weighted by Gasteiger charge is -2.31. The van der Waals surface area contributed by atoms with Gasteiger partial charge in [-0.25, -0.2) is 0 Å². The summed E-state index contributed by atoms with van der Waals surface area (Å²) in [5.41, 5.74) is 8.48. The van der Waals surface area contributed by atoms with Crippen molar-refractivity contribution in [3.05, 3.63) is 42.0 Å². The quantitative estimate of drug-likeness (QED) is 0.437. The van der Waals surface area contributed by atoms with E-state index in [1.54, 1.807) is 4.90 Å². The summed E-state index contributed by atoms with van der Waals surface area (Å²) in [6.07, 6.45) is 2.82. The van der Waals surface area contributed by atoms with Gasteiger partial charge in [-0.05, 0) is 56.6 Å². The van der Waals surface area contributed by atoms with Crippen molar-refractivity contribution < 1.29 is 9.59 Å². The van der Waals surface area contributed by atoms with Crippen molar-refractivity contribution in [2.45, 2.75) is 26.7 Å². The van der Waals surface area contributed by atoms with Gasteiger partial charge in [-0.2, -0.15) is 0 Å². The molecule has 0 spiro atoms. The third kappa shape index (κ3) is 5.29. The van der Waals surface area contributed by atoms with E-state index in [4.69, 9.17) is 12.2 Å². The fraction of sp³-hybridized carbons (Fsp3) is 0.389. The molecule has 6 nitrogen and oxygen atoms in total. The summed E-state index contributed by atoms with van der Waals surface area (Å²) in [4.78, 5) is 25.6. The number of amides is 2. The number of nitrogens with zero attached hydrogens (tertiary/aromatic N) is 1. The first-order valence-corrected chi connectivity index (χ1v) is 8.67.